The second kappa shape index (κ2) is 4.64. The molecule has 0 aromatic rings. The quantitative estimate of drug-likeness (QED) is 0.526. The minimum Gasteiger partial charge on any atom is -0.465 e. The average Bonchev–Trinajstić information content (AvgIpc) is 2.13. The van der Waals surface area contributed by atoms with Crippen LogP contribution < -0.4 is 0 Å². The van der Waals surface area contributed by atoms with E-state index in [0.29, 0.717) is 32.0 Å². The van der Waals surface area contributed by atoms with Crippen LogP contribution in [0.4, 0.5) is 0 Å². The summed E-state index contributed by atoms with van der Waals surface area (Å²) >= 11 is 0. The Kier molecular flexibility index (Phi) is 3.72. The maximum Gasteiger partial charge on any atom is 0.323 e. The number of carbonyl (C=O) groups excluding carboxylic acids is 2. The monoisotopic (exact) mass is 214 g/mol. The molecule has 0 radical (unpaired) electrons. The molecule has 0 saturated heterocycles. The van der Waals surface area contributed by atoms with Gasteiger partial charge in [0.2, 0.25) is 0 Å². The molecule has 1 aliphatic carbocycles. The maximum atomic E-state index is 11.7. The number of carbonyl (C=O) groups is 2. The van der Waals surface area contributed by atoms with Gasteiger partial charge in [-0.2, -0.15) is 0 Å². The van der Waals surface area contributed by atoms with E-state index in [9.17, 15) is 9.59 Å². The third-order valence-corrected chi connectivity index (χ3v) is 2.73. The van der Waals surface area contributed by atoms with Gasteiger partial charge in [-0.05, 0) is 32.6 Å². The molecule has 15 heavy (non-hydrogen) atoms. The molecule has 4 nitrogen and oxygen atoms in total. The van der Waals surface area contributed by atoms with E-state index in [-0.39, 0.29) is 0 Å². The summed E-state index contributed by atoms with van der Waals surface area (Å²) in [5, 5.41) is 0. The van der Waals surface area contributed by atoms with Gasteiger partial charge in [0.1, 0.15) is 0 Å². The van der Waals surface area contributed by atoms with Crippen LogP contribution in [0.2, 0.25) is 0 Å². The summed E-state index contributed by atoms with van der Waals surface area (Å²) < 4.78 is 9.85. The van der Waals surface area contributed by atoms with Crippen molar-refractivity contribution in [3.63, 3.8) is 0 Å². The zero-order valence-corrected chi connectivity index (χ0v) is 9.54. The smallest absolute Gasteiger partial charge is 0.323 e. The number of ether oxygens (including phenoxy) is 2. The standard InChI is InChI=1S/C11H18O4/c1-4-14-9(12)11(6-8(3)7-11)10(13)15-5-2/h8H,4-7H2,1-3H3. The van der Waals surface area contributed by atoms with Gasteiger partial charge in [0, 0.05) is 0 Å². The fourth-order valence-electron chi connectivity index (χ4n) is 2.09. The lowest BCUT2D eigenvalue weighted by molar-refractivity contribution is -0.182. The number of rotatable bonds is 4. The number of esters is 2. The summed E-state index contributed by atoms with van der Waals surface area (Å²) in [6.07, 6.45) is 1.09. The first kappa shape index (κ1) is 12.0. The van der Waals surface area contributed by atoms with Crippen molar-refractivity contribution in [3.05, 3.63) is 0 Å². The Balaban J connectivity index is 2.71. The highest BCUT2D eigenvalue weighted by atomic mass is 16.6. The fraction of sp³-hybridized carbons (Fsp3) is 0.818. The van der Waals surface area contributed by atoms with E-state index in [2.05, 4.69) is 0 Å². The molecule has 1 saturated carbocycles. The topological polar surface area (TPSA) is 52.6 Å². The highest BCUT2D eigenvalue weighted by Crippen LogP contribution is 2.47. The minimum atomic E-state index is -1.01. The number of hydrogen-bond donors (Lipinski definition) is 0. The van der Waals surface area contributed by atoms with E-state index in [1.807, 2.05) is 6.92 Å². The van der Waals surface area contributed by atoms with Crippen molar-refractivity contribution in [2.24, 2.45) is 11.3 Å². The second-order valence-corrected chi connectivity index (χ2v) is 4.04. The lowest BCUT2D eigenvalue weighted by atomic mass is 9.62. The van der Waals surface area contributed by atoms with E-state index in [1.54, 1.807) is 13.8 Å². The molecule has 1 aliphatic rings. The van der Waals surface area contributed by atoms with Gasteiger partial charge >= 0.3 is 11.9 Å². The van der Waals surface area contributed by atoms with Crippen LogP contribution in [0, 0.1) is 11.3 Å². The summed E-state index contributed by atoms with van der Waals surface area (Å²) in [4.78, 5) is 23.4. The first-order valence-corrected chi connectivity index (χ1v) is 5.41. The molecule has 0 aliphatic heterocycles. The van der Waals surface area contributed by atoms with E-state index in [4.69, 9.17) is 9.47 Å². The predicted octanol–water partition coefficient (Wildman–Crippen LogP) is 1.53. The van der Waals surface area contributed by atoms with Crippen molar-refractivity contribution in [2.45, 2.75) is 33.6 Å². The minimum absolute atomic E-state index is 0.300. The number of hydrogen-bond acceptors (Lipinski definition) is 4. The lowest BCUT2D eigenvalue weighted by Gasteiger charge is -2.41. The van der Waals surface area contributed by atoms with Crippen LogP contribution in [0.25, 0.3) is 0 Å². The van der Waals surface area contributed by atoms with Gasteiger partial charge in [-0.25, -0.2) is 0 Å². The van der Waals surface area contributed by atoms with Crippen LogP contribution in [0.3, 0.4) is 0 Å². The van der Waals surface area contributed by atoms with Crippen LogP contribution in [0.15, 0.2) is 0 Å². The van der Waals surface area contributed by atoms with Crippen molar-refractivity contribution in [1.29, 1.82) is 0 Å². The van der Waals surface area contributed by atoms with Gasteiger partial charge in [0.25, 0.3) is 0 Å². The van der Waals surface area contributed by atoms with Crippen LogP contribution in [0.1, 0.15) is 33.6 Å². The van der Waals surface area contributed by atoms with E-state index in [1.165, 1.54) is 0 Å². The van der Waals surface area contributed by atoms with Crippen LogP contribution in [-0.4, -0.2) is 25.2 Å². The molecule has 1 rings (SSSR count). The zero-order chi connectivity index (χ0) is 11.5. The molecule has 0 aromatic carbocycles. The first-order chi connectivity index (χ1) is 7.06. The Bertz CT molecular complexity index is 233. The van der Waals surface area contributed by atoms with E-state index < -0.39 is 17.4 Å². The normalized spacial score (nSPS) is 19.1. The van der Waals surface area contributed by atoms with Crippen LogP contribution in [-0.2, 0) is 19.1 Å². The molecular weight excluding hydrogens is 196 g/mol. The summed E-state index contributed by atoms with van der Waals surface area (Å²) in [5.41, 5.74) is -1.01. The molecule has 0 amide bonds. The molecule has 0 aromatic heterocycles. The Hall–Kier alpha value is -1.06. The van der Waals surface area contributed by atoms with Crippen molar-refractivity contribution in [1.82, 2.24) is 0 Å². The van der Waals surface area contributed by atoms with Gasteiger partial charge < -0.3 is 9.47 Å². The fourth-order valence-corrected chi connectivity index (χ4v) is 2.09. The Morgan fingerprint density at radius 2 is 1.53 bits per heavy atom. The summed E-state index contributed by atoms with van der Waals surface area (Å²) in [6.45, 7) is 6.08. The highest BCUT2D eigenvalue weighted by Gasteiger charge is 2.56. The van der Waals surface area contributed by atoms with Crippen LogP contribution >= 0.6 is 0 Å². The second-order valence-electron chi connectivity index (χ2n) is 4.04. The van der Waals surface area contributed by atoms with Crippen molar-refractivity contribution in [3.8, 4) is 0 Å². The SMILES string of the molecule is CCOC(=O)C1(C(=O)OCC)CC(C)C1. The molecule has 0 heterocycles. The Morgan fingerprint density at radius 1 is 1.13 bits per heavy atom. The van der Waals surface area contributed by atoms with E-state index in [0.717, 1.165) is 0 Å². The summed E-state index contributed by atoms with van der Waals surface area (Å²) in [5.74, 6) is -0.470. The zero-order valence-electron chi connectivity index (χ0n) is 9.54. The first-order valence-electron chi connectivity index (χ1n) is 5.41. The van der Waals surface area contributed by atoms with Gasteiger partial charge in [-0.15, -0.1) is 0 Å². The third kappa shape index (κ3) is 2.13. The van der Waals surface area contributed by atoms with E-state index >= 15 is 0 Å². The molecule has 0 atom stereocenters. The predicted molar refractivity (Wildman–Crippen MR) is 54.1 cm³/mol. The van der Waals surface area contributed by atoms with Crippen molar-refractivity contribution < 1.29 is 19.1 Å². The molecule has 1 fully saturated rings. The van der Waals surface area contributed by atoms with Crippen molar-refractivity contribution >= 4 is 11.9 Å². The van der Waals surface area contributed by atoms with Gasteiger partial charge in [-0.1, -0.05) is 6.92 Å². The Labute approximate surface area is 89.9 Å². The largest absolute Gasteiger partial charge is 0.465 e. The van der Waals surface area contributed by atoms with Gasteiger partial charge in [0.15, 0.2) is 5.41 Å². The molecule has 4 heteroatoms. The molecule has 0 N–H and O–H groups in total. The van der Waals surface area contributed by atoms with Gasteiger partial charge in [0.05, 0.1) is 13.2 Å². The molecular formula is C11H18O4. The third-order valence-electron chi connectivity index (χ3n) is 2.73. The molecule has 0 spiro atoms. The highest BCUT2D eigenvalue weighted by molar-refractivity contribution is 6.01. The van der Waals surface area contributed by atoms with Crippen molar-refractivity contribution in [2.75, 3.05) is 13.2 Å². The summed E-state index contributed by atoms with van der Waals surface area (Å²) in [6, 6.07) is 0. The molecule has 86 valence electrons. The molecule has 0 bridgehead atoms. The lowest BCUT2D eigenvalue weighted by Crippen LogP contribution is -2.51. The maximum absolute atomic E-state index is 11.7. The van der Waals surface area contributed by atoms with Gasteiger partial charge in [-0.3, -0.25) is 9.59 Å². The Morgan fingerprint density at radius 3 is 1.80 bits per heavy atom. The van der Waals surface area contributed by atoms with Crippen LogP contribution in [0.5, 0.6) is 0 Å². The average molecular weight is 214 g/mol. The summed E-state index contributed by atoms with van der Waals surface area (Å²) in [7, 11) is 0. The molecule has 0 unspecified atom stereocenters.